The number of carbonyl (C=O) groups excluding carboxylic acids is 1. The number of ether oxygens (including phenoxy) is 2. The minimum atomic E-state index is -0.138. The van der Waals surface area contributed by atoms with Gasteiger partial charge in [0.05, 0.1) is 25.3 Å². The third-order valence-electron chi connectivity index (χ3n) is 3.68. The Balaban J connectivity index is 1.71. The highest BCUT2D eigenvalue weighted by atomic mass is 16.5. The Morgan fingerprint density at radius 1 is 1.43 bits per heavy atom. The van der Waals surface area contributed by atoms with Gasteiger partial charge < -0.3 is 9.47 Å². The zero-order chi connectivity index (χ0) is 15.1. The van der Waals surface area contributed by atoms with Gasteiger partial charge >= 0.3 is 5.97 Å². The predicted molar refractivity (Wildman–Crippen MR) is 77.9 cm³/mol. The highest BCUT2D eigenvalue weighted by Gasteiger charge is 2.30. The lowest BCUT2D eigenvalue weighted by atomic mass is 10.2. The first-order chi connectivity index (χ1) is 10.2. The summed E-state index contributed by atoms with van der Waals surface area (Å²) in [5.41, 5.74) is 0.625. The van der Waals surface area contributed by atoms with Gasteiger partial charge in [-0.1, -0.05) is 0 Å². The molecule has 1 aromatic carbocycles. The van der Waals surface area contributed by atoms with Crippen LogP contribution in [0.1, 0.15) is 24.8 Å². The number of rotatable bonds is 6. The van der Waals surface area contributed by atoms with E-state index in [1.807, 2.05) is 0 Å². The van der Waals surface area contributed by atoms with E-state index < -0.39 is 0 Å². The molecule has 1 heterocycles. The van der Waals surface area contributed by atoms with Crippen molar-refractivity contribution in [2.24, 2.45) is 0 Å². The fourth-order valence-electron chi connectivity index (χ4n) is 2.58. The molecule has 1 unspecified atom stereocenters. The second kappa shape index (κ2) is 7.65. The van der Waals surface area contributed by atoms with Gasteiger partial charge in [0.2, 0.25) is 0 Å². The monoisotopic (exact) mass is 288 g/mol. The maximum atomic E-state index is 11.6. The van der Waals surface area contributed by atoms with Crippen LogP contribution in [0, 0.1) is 11.3 Å². The van der Waals surface area contributed by atoms with Gasteiger partial charge in [0.25, 0.3) is 0 Å². The molecule has 0 radical (unpaired) electrons. The second-order valence-corrected chi connectivity index (χ2v) is 5.06. The van der Waals surface area contributed by atoms with Gasteiger partial charge in [-0.05, 0) is 50.1 Å². The molecular weight excluding hydrogens is 268 g/mol. The second-order valence-electron chi connectivity index (χ2n) is 5.06. The summed E-state index contributed by atoms with van der Waals surface area (Å²) in [5, 5.41) is 8.72. The van der Waals surface area contributed by atoms with Gasteiger partial charge in [0.1, 0.15) is 11.8 Å². The van der Waals surface area contributed by atoms with Crippen molar-refractivity contribution in [3.63, 3.8) is 0 Å². The average molecular weight is 288 g/mol. The molecule has 21 heavy (non-hydrogen) atoms. The molecule has 1 aliphatic rings. The first kappa shape index (κ1) is 15.3. The number of hydrogen-bond donors (Lipinski definition) is 0. The van der Waals surface area contributed by atoms with Crippen LogP contribution in [0.3, 0.4) is 0 Å². The SMILES string of the molecule is COC(=O)C1CCCN1CCCOc1ccc(C#N)cc1. The number of nitriles is 1. The summed E-state index contributed by atoms with van der Waals surface area (Å²) in [6, 6.07) is 9.05. The highest BCUT2D eigenvalue weighted by Crippen LogP contribution is 2.18. The van der Waals surface area contributed by atoms with Crippen LogP contribution < -0.4 is 4.74 Å². The van der Waals surface area contributed by atoms with Crippen molar-refractivity contribution in [2.45, 2.75) is 25.3 Å². The molecule has 0 bridgehead atoms. The van der Waals surface area contributed by atoms with Crippen molar-refractivity contribution in [3.05, 3.63) is 29.8 Å². The molecule has 1 aliphatic heterocycles. The van der Waals surface area contributed by atoms with Crippen LogP contribution in [0.15, 0.2) is 24.3 Å². The molecule has 0 aliphatic carbocycles. The Morgan fingerprint density at radius 3 is 2.86 bits per heavy atom. The van der Waals surface area contributed by atoms with Crippen molar-refractivity contribution in [2.75, 3.05) is 26.8 Å². The van der Waals surface area contributed by atoms with E-state index in [0.29, 0.717) is 12.2 Å². The third kappa shape index (κ3) is 4.20. The first-order valence-corrected chi connectivity index (χ1v) is 7.19. The largest absolute Gasteiger partial charge is 0.494 e. The number of hydrogen-bond acceptors (Lipinski definition) is 5. The topological polar surface area (TPSA) is 62.6 Å². The number of methoxy groups -OCH3 is 1. The quantitative estimate of drug-likeness (QED) is 0.591. The maximum Gasteiger partial charge on any atom is 0.323 e. The van der Waals surface area contributed by atoms with E-state index in [4.69, 9.17) is 14.7 Å². The van der Waals surface area contributed by atoms with Gasteiger partial charge in [0, 0.05) is 6.54 Å². The van der Waals surface area contributed by atoms with E-state index in [1.54, 1.807) is 24.3 Å². The maximum absolute atomic E-state index is 11.6. The Bertz CT molecular complexity index is 507. The standard InChI is InChI=1S/C16H20N2O3/c1-20-16(19)15-4-2-9-18(15)10-3-11-21-14-7-5-13(12-17)6-8-14/h5-8,15H,2-4,9-11H2,1H3. The van der Waals surface area contributed by atoms with Crippen molar-refractivity contribution >= 4 is 5.97 Å². The summed E-state index contributed by atoms with van der Waals surface area (Å²) < 4.78 is 10.5. The molecule has 1 fully saturated rings. The minimum absolute atomic E-state index is 0.0927. The molecule has 5 nitrogen and oxygen atoms in total. The van der Waals surface area contributed by atoms with Crippen LogP contribution in [0.25, 0.3) is 0 Å². The molecule has 0 spiro atoms. The number of benzene rings is 1. The average Bonchev–Trinajstić information content (AvgIpc) is 3.00. The Labute approximate surface area is 125 Å². The van der Waals surface area contributed by atoms with E-state index in [9.17, 15) is 4.79 Å². The van der Waals surface area contributed by atoms with Gasteiger partial charge in [-0.15, -0.1) is 0 Å². The van der Waals surface area contributed by atoms with Crippen molar-refractivity contribution in [1.29, 1.82) is 5.26 Å². The van der Waals surface area contributed by atoms with Crippen LogP contribution in [-0.2, 0) is 9.53 Å². The molecule has 0 saturated carbocycles. The fourth-order valence-corrected chi connectivity index (χ4v) is 2.58. The van der Waals surface area contributed by atoms with E-state index in [1.165, 1.54) is 7.11 Å². The van der Waals surface area contributed by atoms with Gasteiger partial charge in [-0.25, -0.2) is 0 Å². The van der Waals surface area contributed by atoms with Crippen LogP contribution in [0.2, 0.25) is 0 Å². The van der Waals surface area contributed by atoms with Crippen LogP contribution in [0.5, 0.6) is 5.75 Å². The number of nitrogens with zero attached hydrogens (tertiary/aromatic N) is 2. The fraction of sp³-hybridized carbons (Fsp3) is 0.500. The molecule has 0 N–H and O–H groups in total. The Morgan fingerprint density at radius 2 is 2.19 bits per heavy atom. The molecule has 0 amide bonds. The lowest BCUT2D eigenvalue weighted by Gasteiger charge is -2.22. The molecule has 1 saturated heterocycles. The Hall–Kier alpha value is -2.06. The lowest BCUT2D eigenvalue weighted by molar-refractivity contribution is -0.145. The lowest BCUT2D eigenvalue weighted by Crippen LogP contribution is -2.37. The normalized spacial score (nSPS) is 18.2. The summed E-state index contributed by atoms with van der Waals surface area (Å²) >= 11 is 0. The molecular formula is C16H20N2O3. The summed E-state index contributed by atoms with van der Waals surface area (Å²) in [6.45, 7) is 2.36. The molecule has 112 valence electrons. The Kier molecular flexibility index (Phi) is 5.59. The zero-order valence-corrected chi connectivity index (χ0v) is 12.2. The van der Waals surface area contributed by atoms with E-state index in [0.717, 1.165) is 38.1 Å². The summed E-state index contributed by atoms with van der Waals surface area (Å²) in [6.07, 6.45) is 2.77. The highest BCUT2D eigenvalue weighted by molar-refractivity contribution is 5.75. The van der Waals surface area contributed by atoms with Gasteiger partial charge in [0.15, 0.2) is 0 Å². The van der Waals surface area contributed by atoms with Crippen LogP contribution in [0.4, 0.5) is 0 Å². The summed E-state index contributed by atoms with van der Waals surface area (Å²) in [5.74, 6) is 0.625. The molecule has 2 rings (SSSR count). The van der Waals surface area contributed by atoms with E-state index >= 15 is 0 Å². The van der Waals surface area contributed by atoms with Gasteiger partial charge in [-0.2, -0.15) is 5.26 Å². The summed E-state index contributed by atoms with van der Waals surface area (Å²) in [4.78, 5) is 13.8. The molecule has 5 heteroatoms. The molecule has 0 aromatic heterocycles. The number of carbonyl (C=O) groups is 1. The third-order valence-corrected chi connectivity index (χ3v) is 3.68. The van der Waals surface area contributed by atoms with Crippen molar-refractivity contribution in [3.8, 4) is 11.8 Å². The first-order valence-electron chi connectivity index (χ1n) is 7.19. The zero-order valence-electron chi connectivity index (χ0n) is 12.2. The van der Waals surface area contributed by atoms with Crippen LogP contribution >= 0.6 is 0 Å². The minimum Gasteiger partial charge on any atom is -0.494 e. The number of esters is 1. The number of likely N-dealkylation sites (tertiary alicyclic amines) is 1. The smallest absolute Gasteiger partial charge is 0.323 e. The van der Waals surface area contributed by atoms with Gasteiger partial charge in [-0.3, -0.25) is 9.69 Å². The molecule has 1 aromatic rings. The van der Waals surface area contributed by atoms with Crippen LogP contribution in [-0.4, -0.2) is 43.7 Å². The van der Waals surface area contributed by atoms with E-state index in [2.05, 4.69) is 11.0 Å². The summed E-state index contributed by atoms with van der Waals surface area (Å²) in [7, 11) is 1.44. The predicted octanol–water partition coefficient (Wildman–Crippen LogP) is 1.96. The molecule has 1 atom stereocenters. The van der Waals surface area contributed by atoms with Crippen molar-refractivity contribution in [1.82, 2.24) is 4.90 Å². The van der Waals surface area contributed by atoms with E-state index in [-0.39, 0.29) is 12.0 Å². The van der Waals surface area contributed by atoms with Crippen molar-refractivity contribution < 1.29 is 14.3 Å².